The second-order valence-electron chi connectivity index (χ2n) is 6.10. The monoisotopic (exact) mass is 298 g/mol. The van der Waals surface area contributed by atoms with Crippen LogP contribution in [0.2, 0.25) is 0 Å². The summed E-state index contributed by atoms with van der Waals surface area (Å²) >= 11 is 0. The summed E-state index contributed by atoms with van der Waals surface area (Å²) in [7, 11) is 0. The van der Waals surface area contributed by atoms with Gasteiger partial charge in [-0.15, -0.1) is 5.10 Å². The first-order valence-corrected chi connectivity index (χ1v) is 6.95. The molecule has 2 heterocycles. The van der Waals surface area contributed by atoms with Crippen molar-refractivity contribution < 1.29 is 19.4 Å². The van der Waals surface area contributed by atoms with Crippen molar-refractivity contribution in [1.82, 2.24) is 20.3 Å². The van der Waals surface area contributed by atoms with E-state index in [1.54, 1.807) is 10.9 Å². The van der Waals surface area contributed by atoms with Gasteiger partial charge >= 0.3 is 6.09 Å². The van der Waals surface area contributed by atoms with Crippen molar-refractivity contribution in [2.75, 3.05) is 19.8 Å². The van der Waals surface area contributed by atoms with Gasteiger partial charge in [0.25, 0.3) is 0 Å². The van der Waals surface area contributed by atoms with E-state index in [4.69, 9.17) is 14.6 Å². The van der Waals surface area contributed by atoms with Crippen molar-refractivity contribution in [3.05, 3.63) is 11.9 Å². The van der Waals surface area contributed by atoms with Gasteiger partial charge in [0.05, 0.1) is 32.1 Å². The average Bonchev–Trinajstić information content (AvgIpc) is 3.02. The molecule has 1 aromatic heterocycles. The molecule has 2 atom stereocenters. The lowest BCUT2D eigenvalue weighted by atomic mass is 10.0. The summed E-state index contributed by atoms with van der Waals surface area (Å²) in [5, 5.41) is 19.6. The topological polar surface area (TPSA) is 98.5 Å². The SMILES string of the molecule is CC(C)(C)OC(=O)NC[C@@H]1COC[C@H]1n1cc(CO)nn1. The largest absolute Gasteiger partial charge is 0.444 e. The van der Waals surface area contributed by atoms with Crippen molar-refractivity contribution in [3.8, 4) is 0 Å². The van der Waals surface area contributed by atoms with Crippen LogP contribution in [-0.2, 0) is 16.1 Å². The quantitative estimate of drug-likeness (QED) is 0.839. The molecule has 1 aromatic rings. The van der Waals surface area contributed by atoms with Gasteiger partial charge in [-0.05, 0) is 20.8 Å². The highest BCUT2D eigenvalue weighted by atomic mass is 16.6. The Labute approximate surface area is 123 Å². The Bertz CT molecular complexity index is 483. The molecular formula is C13H22N4O4. The summed E-state index contributed by atoms with van der Waals surface area (Å²) in [5.41, 5.74) is -0.00169. The average molecular weight is 298 g/mol. The highest BCUT2D eigenvalue weighted by molar-refractivity contribution is 5.67. The van der Waals surface area contributed by atoms with Crippen molar-refractivity contribution in [2.45, 2.75) is 39.0 Å². The van der Waals surface area contributed by atoms with E-state index >= 15 is 0 Å². The van der Waals surface area contributed by atoms with Gasteiger partial charge in [-0.1, -0.05) is 5.21 Å². The zero-order valence-electron chi connectivity index (χ0n) is 12.6. The van der Waals surface area contributed by atoms with Gasteiger partial charge in [0.1, 0.15) is 11.3 Å². The molecule has 8 heteroatoms. The zero-order valence-corrected chi connectivity index (χ0v) is 12.6. The lowest BCUT2D eigenvalue weighted by Crippen LogP contribution is -2.37. The smallest absolute Gasteiger partial charge is 0.407 e. The fraction of sp³-hybridized carbons (Fsp3) is 0.769. The molecule has 0 bridgehead atoms. The highest BCUT2D eigenvalue weighted by Gasteiger charge is 2.31. The Kier molecular flexibility index (Phi) is 4.79. The van der Waals surface area contributed by atoms with Crippen LogP contribution in [0.1, 0.15) is 32.5 Å². The molecule has 1 amide bonds. The number of nitrogens with one attached hydrogen (secondary N) is 1. The number of nitrogens with zero attached hydrogens (tertiary/aromatic N) is 3. The fourth-order valence-corrected chi connectivity index (χ4v) is 2.15. The molecule has 2 rings (SSSR count). The number of carbonyl (C=O) groups is 1. The third-order valence-electron chi connectivity index (χ3n) is 3.13. The number of aliphatic hydroxyl groups is 1. The molecule has 1 saturated heterocycles. The lowest BCUT2D eigenvalue weighted by Gasteiger charge is -2.22. The molecule has 0 radical (unpaired) electrons. The second kappa shape index (κ2) is 6.40. The van der Waals surface area contributed by atoms with Crippen molar-refractivity contribution in [1.29, 1.82) is 0 Å². The number of alkyl carbamates (subject to hydrolysis) is 1. The van der Waals surface area contributed by atoms with Crippen molar-refractivity contribution in [2.24, 2.45) is 5.92 Å². The Hall–Kier alpha value is -1.67. The second-order valence-corrected chi connectivity index (χ2v) is 6.10. The standard InChI is InChI=1S/C13H22N4O4/c1-13(2,3)21-12(19)14-4-9-7-20-8-11(9)17-5-10(6-18)15-16-17/h5,9,11,18H,4,6-8H2,1-3H3,(H,14,19)/t9-,11-/m1/s1. The maximum Gasteiger partial charge on any atom is 0.407 e. The minimum absolute atomic E-state index is 0.00673. The molecule has 0 aliphatic carbocycles. The maximum absolute atomic E-state index is 11.7. The van der Waals surface area contributed by atoms with E-state index in [-0.39, 0.29) is 18.6 Å². The number of hydrogen-bond acceptors (Lipinski definition) is 6. The predicted molar refractivity (Wildman–Crippen MR) is 73.5 cm³/mol. The van der Waals surface area contributed by atoms with Gasteiger partial charge in [0, 0.05) is 12.5 Å². The summed E-state index contributed by atoms with van der Waals surface area (Å²) in [6.45, 7) is 6.80. The number of carbonyl (C=O) groups excluding carboxylic acids is 1. The summed E-state index contributed by atoms with van der Waals surface area (Å²) < 4.78 is 12.3. The number of aliphatic hydroxyl groups excluding tert-OH is 1. The third kappa shape index (κ3) is 4.40. The van der Waals surface area contributed by atoms with Gasteiger partial charge in [0.2, 0.25) is 0 Å². The molecule has 2 N–H and O–H groups in total. The molecule has 1 fully saturated rings. The first-order valence-electron chi connectivity index (χ1n) is 6.95. The van der Waals surface area contributed by atoms with Gasteiger partial charge in [-0.3, -0.25) is 0 Å². The minimum Gasteiger partial charge on any atom is -0.444 e. The van der Waals surface area contributed by atoms with Crippen LogP contribution in [-0.4, -0.2) is 51.6 Å². The van der Waals surface area contributed by atoms with E-state index in [1.165, 1.54) is 0 Å². The number of aromatic nitrogens is 3. The lowest BCUT2D eigenvalue weighted by molar-refractivity contribution is 0.0515. The summed E-state index contributed by atoms with van der Waals surface area (Å²) in [5.74, 6) is 0.0887. The molecule has 118 valence electrons. The Balaban J connectivity index is 1.89. The van der Waals surface area contributed by atoms with E-state index in [9.17, 15) is 4.79 Å². The minimum atomic E-state index is -0.516. The van der Waals surface area contributed by atoms with Crippen LogP contribution >= 0.6 is 0 Å². The molecule has 0 saturated carbocycles. The van der Waals surface area contributed by atoms with Crippen LogP contribution in [0.25, 0.3) is 0 Å². The molecule has 8 nitrogen and oxygen atoms in total. The maximum atomic E-state index is 11.7. The molecule has 0 unspecified atom stereocenters. The molecule has 1 aliphatic heterocycles. The normalized spacial score (nSPS) is 22.3. The Morgan fingerprint density at radius 2 is 2.33 bits per heavy atom. The summed E-state index contributed by atoms with van der Waals surface area (Å²) in [4.78, 5) is 11.7. The van der Waals surface area contributed by atoms with E-state index in [1.807, 2.05) is 20.8 Å². The number of hydrogen-bond donors (Lipinski definition) is 2. The molecule has 0 spiro atoms. The van der Waals surface area contributed by atoms with E-state index in [0.717, 1.165) is 0 Å². The molecule has 1 aliphatic rings. The number of rotatable bonds is 4. The zero-order chi connectivity index (χ0) is 15.5. The van der Waals surface area contributed by atoms with Crippen LogP contribution in [0.3, 0.4) is 0 Å². The third-order valence-corrected chi connectivity index (χ3v) is 3.13. The number of amides is 1. The Morgan fingerprint density at radius 3 is 2.95 bits per heavy atom. The van der Waals surface area contributed by atoms with Crippen molar-refractivity contribution >= 4 is 6.09 Å². The van der Waals surface area contributed by atoms with Crippen LogP contribution < -0.4 is 5.32 Å². The van der Waals surface area contributed by atoms with Gasteiger partial charge in [-0.2, -0.15) is 0 Å². The first kappa shape index (κ1) is 15.7. The van der Waals surface area contributed by atoms with Crippen LogP contribution in [0.5, 0.6) is 0 Å². The van der Waals surface area contributed by atoms with Crippen LogP contribution in [0, 0.1) is 5.92 Å². The van der Waals surface area contributed by atoms with E-state index < -0.39 is 11.7 Å². The first-order chi connectivity index (χ1) is 9.89. The van der Waals surface area contributed by atoms with E-state index in [2.05, 4.69) is 15.6 Å². The van der Waals surface area contributed by atoms with Crippen molar-refractivity contribution in [3.63, 3.8) is 0 Å². The molecule has 0 aromatic carbocycles. The molecular weight excluding hydrogens is 276 g/mol. The Morgan fingerprint density at radius 1 is 1.57 bits per heavy atom. The van der Waals surface area contributed by atoms with Gasteiger partial charge < -0.3 is 19.9 Å². The van der Waals surface area contributed by atoms with Crippen LogP contribution in [0.4, 0.5) is 4.79 Å². The summed E-state index contributed by atoms with van der Waals surface area (Å²) in [6.07, 6.45) is 1.25. The molecule has 21 heavy (non-hydrogen) atoms. The summed E-state index contributed by atoms with van der Waals surface area (Å²) in [6, 6.07) is -0.00673. The van der Waals surface area contributed by atoms with Gasteiger partial charge in [0.15, 0.2) is 0 Å². The highest BCUT2D eigenvalue weighted by Crippen LogP contribution is 2.24. The predicted octanol–water partition coefficient (Wildman–Crippen LogP) is 0.483. The fourth-order valence-electron chi connectivity index (χ4n) is 2.15. The van der Waals surface area contributed by atoms with Gasteiger partial charge in [-0.25, -0.2) is 9.48 Å². The van der Waals surface area contributed by atoms with Crippen LogP contribution in [0.15, 0.2) is 6.20 Å². The number of ether oxygens (including phenoxy) is 2. The van der Waals surface area contributed by atoms with E-state index in [0.29, 0.717) is 25.5 Å².